The third-order valence-corrected chi connectivity index (χ3v) is 9.87. The van der Waals surface area contributed by atoms with Crippen LogP contribution < -0.4 is 0 Å². The zero-order valence-electron chi connectivity index (χ0n) is 31.0. The number of aryl methyl sites for hydroxylation is 2. The van der Waals surface area contributed by atoms with Gasteiger partial charge < -0.3 is 15.1 Å². The van der Waals surface area contributed by atoms with Crippen molar-refractivity contribution in [3.8, 4) is 11.1 Å². The van der Waals surface area contributed by atoms with Gasteiger partial charge in [-0.2, -0.15) is 0 Å². The molecule has 54 heavy (non-hydrogen) atoms. The standard InChI is InChI=1S/C39H43N3O4.C4H4O4/c1-28-36(29(2)43)38(31-15-14-20-34(27-31)42(45)46)37(30(3)44)35(40-28)21-12-4-5-13-24-41-25-22-39(23-26-41,32-16-8-6-9-17-32)33-18-10-7-11-19-33;5-3(6)1-2-4(7)8/h6-11,14-20,27H,4-5,12-13,21-26H2,1-3H3;1-2H,(H,5,6)(H,7,8)/b;2-1+. The van der Waals surface area contributed by atoms with Crippen LogP contribution in [-0.2, 0) is 21.4 Å². The van der Waals surface area contributed by atoms with E-state index in [2.05, 4.69) is 65.6 Å². The highest BCUT2D eigenvalue weighted by Gasteiger charge is 2.37. The molecule has 0 radical (unpaired) electrons. The number of carboxylic acid groups (broad SMARTS) is 2. The Morgan fingerprint density at radius 2 is 1.31 bits per heavy atom. The number of non-ortho nitro benzene ring substituents is 1. The molecule has 2 heterocycles. The number of nitro groups is 1. The van der Waals surface area contributed by atoms with Crippen molar-refractivity contribution in [2.24, 2.45) is 0 Å². The molecule has 1 saturated heterocycles. The molecule has 0 saturated carbocycles. The van der Waals surface area contributed by atoms with Gasteiger partial charge in [0.15, 0.2) is 11.6 Å². The SMILES string of the molecule is CC(=O)c1c(C)nc(CCCCCCN2CCC(c3ccccc3)(c3ccccc3)CC2)c(C(C)=O)c1-c1cccc([N+](=O)[O-])c1.O=C(O)/C=C/C(=O)O. The number of hydrogen-bond donors (Lipinski definition) is 2. The van der Waals surface area contributed by atoms with E-state index in [-0.39, 0.29) is 22.7 Å². The monoisotopic (exact) mass is 733 g/mol. The number of unbranched alkanes of at least 4 members (excludes halogenated alkanes) is 3. The number of Topliss-reactive ketones (excluding diaryl/α,β-unsaturated/α-hetero) is 2. The number of hydrogen-bond acceptors (Lipinski definition) is 8. The third kappa shape index (κ3) is 10.6. The van der Waals surface area contributed by atoms with E-state index in [1.807, 2.05) is 0 Å². The molecule has 0 spiro atoms. The topological polar surface area (TPSA) is 168 Å². The van der Waals surface area contributed by atoms with Gasteiger partial charge in [-0.25, -0.2) is 9.59 Å². The number of nitro benzene ring substituents is 1. The summed E-state index contributed by atoms with van der Waals surface area (Å²) in [7, 11) is 0. The fourth-order valence-electron chi connectivity index (χ4n) is 7.36. The molecular formula is C43H47N3O8. The predicted molar refractivity (Wildman–Crippen MR) is 207 cm³/mol. The van der Waals surface area contributed by atoms with E-state index in [0.717, 1.165) is 58.2 Å². The van der Waals surface area contributed by atoms with Crippen LogP contribution in [0.4, 0.5) is 5.69 Å². The van der Waals surface area contributed by atoms with E-state index in [1.54, 1.807) is 19.1 Å². The second-order valence-electron chi connectivity index (χ2n) is 13.5. The molecule has 4 aromatic rings. The molecular weight excluding hydrogens is 686 g/mol. The van der Waals surface area contributed by atoms with Crippen molar-refractivity contribution in [2.45, 2.75) is 71.1 Å². The molecule has 1 aliphatic rings. The molecule has 0 unspecified atom stereocenters. The Kier molecular flexibility index (Phi) is 14.7. The van der Waals surface area contributed by atoms with Crippen molar-refractivity contribution in [3.63, 3.8) is 0 Å². The first-order valence-corrected chi connectivity index (χ1v) is 18.1. The zero-order chi connectivity index (χ0) is 39.3. The van der Waals surface area contributed by atoms with Crippen molar-refractivity contribution < 1.29 is 34.3 Å². The minimum atomic E-state index is -1.26. The number of piperidine rings is 1. The van der Waals surface area contributed by atoms with Crippen LogP contribution in [0.2, 0.25) is 0 Å². The maximum absolute atomic E-state index is 13.0. The summed E-state index contributed by atoms with van der Waals surface area (Å²) in [5, 5.41) is 27.1. The van der Waals surface area contributed by atoms with Gasteiger partial charge in [-0.3, -0.25) is 24.7 Å². The Hall–Kier alpha value is -5.81. The van der Waals surface area contributed by atoms with Crippen LogP contribution in [0.25, 0.3) is 11.1 Å². The summed E-state index contributed by atoms with van der Waals surface area (Å²) in [6.07, 6.45) is 7.98. The second kappa shape index (κ2) is 19.3. The first kappa shape index (κ1) is 41.0. The Morgan fingerprint density at radius 1 is 0.778 bits per heavy atom. The highest BCUT2D eigenvalue weighted by Crippen LogP contribution is 2.42. The largest absolute Gasteiger partial charge is 0.478 e. The quantitative estimate of drug-likeness (QED) is 0.0399. The van der Waals surface area contributed by atoms with Crippen molar-refractivity contribution >= 4 is 29.2 Å². The van der Waals surface area contributed by atoms with Gasteiger partial charge in [0.2, 0.25) is 0 Å². The van der Waals surface area contributed by atoms with E-state index in [1.165, 1.54) is 37.1 Å². The van der Waals surface area contributed by atoms with Crippen LogP contribution in [0, 0.1) is 17.0 Å². The molecule has 1 aliphatic heterocycles. The molecule has 1 aromatic heterocycles. The number of pyridine rings is 1. The Labute approximate surface area is 315 Å². The lowest BCUT2D eigenvalue weighted by Gasteiger charge is -2.43. The van der Waals surface area contributed by atoms with Crippen molar-refractivity contribution in [1.29, 1.82) is 0 Å². The Bertz CT molecular complexity index is 1930. The number of rotatable bonds is 15. The number of ketones is 2. The van der Waals surface area contributed by atoms with Crippen LogP contribution >= 0.6 is 0 Å². The van der Waals surface area contributed by atoms with Crippen LogP contribution in [0.5, 0.6) is 0 Å². The van der Waals surface area contributed by atoms with Gasteiger partial charge in [0, 0.05) is 52.1 Å². The Balaban J connectivity index is 0.000000730. The first-order valence-electron chi connectivity index (χ1n) is 18.1. The molecule has 282 valence electrons. The Morgan fingerprint density at radius 3 is 1.81 bits per heavy atom. The minimum absolute atomic E-state index is 0.0556. The number of nitrogens with zero attached hydrogens (tertiary/aromatic N) is 3. The first-order chi connectivity index (χ1) is 25.8. The van der Waals surface area contributed by atoms with E-state index >= 15 is 0 Å². The molecule has 11 nitrogen and oxygen atoms in total. The number of benzene rings is 3. The van der Waals surface area contributed by atoms with E-state index in [9.17, 15) is 29.3 Å². The summed E-state index contributed by atoms with van der Waals surface area (Å²) in [4.78, 5) is 63.2. The fraction of sp³-hybridized carbons (Fsp3) is 0.326. The molecule has 2 N–H and O–H groups in total. The van der Waals surface area contributed by atoms with Gasteiger partial charge in [-0.15, -0.1) is 0 Å². The maximum atomic E-state index is 13.0. The second-order valence-corrected chi connectivity index (χ2v) is 13.5. The third-order valence-electron chi connectivity index (χ3n) is 9.87. The van der Waals surface area contributed by atoms with Gasteiger partial charge in [0.05, 0.1) is 10.6 Å². The molecule has 0 atom stereocenters. The lowest BCUT2D eigenvalue weighted by molar-refractivity contribution is -0.384. The molecule has 0 aliphatic carbocycles. The van der Waals surface area contributed by atoms with E-state index in [4.69, 9.17) is 15.2 Å². The van der Waals surface area contributed by atoms with Crippen LogP contribution in [0.15, 0.2) is 97.1 Å². The lowest BCUT2D eigenvalue weighted by atomic mass is 9.68. The molecule has 5 rings (SSSR count). The fourth-order valence-corrected chi connectivity index (χ4v) is 7.36. The normalized spacial score (nSPS) is 13.8. The minimum Gasteiger partial charge on any atom is -0.478 e. The summed E-state index contributed by atoms with van der Waals surface area (Å²) < 4.78 is 0. The molecule has 0 bridgehead atoms. The highest BCUT2D eigenvalue weighted by molar-refractivity contribution is 6.10. The summed E-state index contributed by atoms with van der Waals surface area (Å²) in [5.41, 5.74) is 5.66. The smallest absolute Gasteiger partial charge is 0.328 e. The number of carboxylic acids is 2. The zero-order valence-corrected chi connectivity index (χ0v) is 31.0. The van der Waals surface area contributed by atoms with Gasteiger partial charge in [-0.05, 0) is 89.2 Å². The predicted octanol–water partition coefficient (Wildman–Crippen LogP) is 8.27. The number of aromatic nitrogens is 1. The van der Waals surface area contributed by atoms with Crippen LogP contribution in [0.1, 0.15) is 95.6 Å². The van der Waals surface area contributed by atoms with Gasteiger partial charge in [0.1, 0.15) is 0 Å². The van der Waals surface area contributed by atoms with Gasteiger partial charge >= 0.3 is 11.9 Å². The van der Waals surface area contributed by atoms with E-state index in [0.29, 0.717) is 52.2 Å². The molecule has 11 heteroatoms. The number of likely N-dealkylation sites (tertiary alicyclic amines) is 1. The number of aliphatic carboxylic acids is 2. The summed E-state index contributed by atoms with van der Waals surface area (Å²) in [6, 6.07) is 28.0. The summed E-state index contributed by atoms with van der Waals surface area (Å²) in [5.74, 6) is -2.93. The molecule has 1 fully saturated rings. The average Bonchev–Trinajstić information content (AvgIpc) is 3.16. The number of carbonyl (C=O) groups excluding carboxylic acids is 2. The summed E-state index contributed by atoms with van der Waals surface area (Å²) in [6.45, 7) is 7.90. The van der Waals surface area contributed by atoms with E-state index < -0.39 is 16.9 Å². The van der Waals surface area contributed by atoms with Gasteiger partial charge in [-0.1, -0.05) is 85.6 Å². The lowest BCUT2D eigenvalue weighted by Crippen LogP contribution is -2.43. The van der Waals surface area contributed by atoms with Crippen molar-refractivity contribution in [3.05, 3.63) is 141 Å². The number of carbonyl (C=O) groups is 4. The van der Waals surface area contributed by atoms with Gasteiger partial charge in [0.25, 0.3) is 5.69 Å². The average molecular weight is 734 g/mol. The summed E-state index contributed by atoms with van der Waals surface area (Å²) >= 11 is 0. The molecule has 3 aromatic carbocycles. The molecule has 0 amide bonds. The van der Waals surface area contributed by atoms with Crippen LogP contribution in [-0.4, -0.2) is 68.2 Å². The highest BCUT2D eigenvalue weighted by atomic mass is 16.6. The van der Waals surface area contributed by atoms with Crippen molar-refractivity contribution in [1.82, 2.24) is 9.88 Å². The maximum Gasteiger partial charge on any atom is 0.328 e. The van der Waals surface area contributed by atoms with Crippen LogP contribution in [0.3, 0.4) is 0 Å². The van der Waals surface area contributed by atoms with Crippen molar-refractivity contribution in [2.75, 3.05) is 19.6 Å².